The van der Waals surface area contributed by atoms with Crippen molar-refractivity contribution in [3.63, 3.8) is 0 Å². The first-order valence-corrected chi connectivity index (χ1v) is 9.55. The fourth-order valence-electron chi connectivity index (χ4n) is 3.66. The minimum Gasteiger partial charge on any atom is -0.476 e. The van der Waals surface area contributed by atoms with Gasteiger partial charge in [0, 0.05) is 61.2 Å². The number of hydrogen-bond acceptors (Lipinski definition) is 5. The highest BCUT2D eigenvalue weighted by Gasteiger charge is 2.19. The summed E-state index contributed by atoms with van der Waals surface area (Å²) in [5.74, 6) is -0.194. The van der Waals surface area contributed by atoms with Crippen LogP contribution in [0.15, 0.2) is 42.6 Å². The fraction of sp³-hybridized carbons (Fsp3) is 0.333. The van der Waals surface area contributed by atoms with Crippen LogP contribution >= 0.6 is 0 Å². The quantitative estimate of drug-likeness (QED) is 0.685. The molecule has 0 unspecified atom stereocenters. The second-order valence-corrected chi connectivity index (χ2v) is 7.06. The van der Waals surface area contributed by atoms with E-state index in [4.69, 9.17) is 10.5 Å². The number of pyridine rings is 1. The van der Waals surface area contributed by atoms with Crippen molar-refractivity contribution in [1.82, 2.24) is 14.9 Å². The molecule has 2 aromatic heterocycles. The molecule has 146 valence electrons. The van der Waals surface area contributed by atoms with E-state index in [0.717, 1.165) is 38.4 Å². The highest BCUT2D eigenvalue weighted by atomic mass is 16.5. The molecule has 3 aromatic rings. The highest BCUT2D eigenvalue weighted by Crippen LogP contribution is 2.27. The lowest BCUT2D eigenvalue weighted by molar-refractivity contribution is 0.0994. The van der Waals surface area contributed by atoms with Crippen LogP contribution < -0.4 is 15.4 Å². The molecule has 0 atom stereocenters. The molecule has 3 heterocycles. The zero-order valence-electron chi connectivity index (χ0n) is 16.0. The minimum atomic E-state index is -0.518. The Labute approximate surface area is 164 Å². The molecule has 1 aliphatic rings. The van der Waals surface area contributed by atoms with E-state index in [1.54, 1.807) is 12.1 Å². The first-order valence-electron chi connectivity index (χ1n) is 9.55. The molecule has 0 radical (unpaired) electrons. The number of nitrogens with two attached hydrogens (primary N) is 1. The molecule has 28 heavy (non-hydrogen) atoms. The normalized spacial score (nSPS) is 15.1. The minimum absolute atomic E-state index is 0.324. The molecule has 1 amide bonds. The number of anilines is 1. The monoisotopic (exact) mass is 379 g/mol. The Morgan fingerprint density at radius 2 is 2.00 bits per heavy atom. The van der Waals surface area contributed by atoms with Crippen LogP contribution in [-0.4, -0.2) is 60.1 Å². The summed E-state index contributed by atoms with van der Waals surface area (Å²) in [7, 11) is 0. The van der Waals surface area contributed by atoms with Gasteiger partial charge >= 0.3 is 0 Å². The molecule has 3 N–H and O–H groups in total. The molecule has 7 nitrogen and oxygen atoms in total. The number of carbonyl (C=O) groups excluding carboxylic acids is 1. The molecule has 7 heteroatoms. The first-order chi connectivity index (χ1) is 13.6. The van der Waals surface area contributed by atoms with E-state index < -0.39 is 5.91 Å². The molecule has 1 fully saturated rings. The molecular weight excluding hydrogens is 354 g/mol. The van der Waals surface area contributed by atoms with Crippen molar-refractivity contribution < 1.29 is 9.53 Å². The molecule has 4 rings (SSSR count). The van der Waals surface area contributed by atoms with Crippen LogP contribution in [-0.2, 0) is 0 Å². The van der Waals surface area contributed by atoms with E-state index >= 15 is 0 Å². The summed E-state index contributed by atoms with van der Waals surface area (Å²) in [6, 6.07) is 11.9. The lowest BCUT2D eigenvalue weighted by Gasteiger charge is -2.36. The van der Waals surface area contributed by atoms with Gasteiger partial charge in [-0.3, -0.25) is 9.69 Å². The maximum Gasteiger partial charge on any atom is 0.254 e. The average molecular weight is 379 g/mol. The summed E-state index contributed by atoms with van der Waals surface area (Å²) in [6.07, 6.45) is 1.99. The van der Waals surface area contributed by atoms with Crippen LogP contribution in [0, 0.1) is 6.92 Å². The number of aromatic nitrogens is 2. The third kappa shape index (κ3) is 3.80. The highest BCUT2D eigenvalue weighted by molar-refractivity contribution is 5.95. The van der Waals surface area contributed by atoms with E-state index in [1.807, 2.05) is 13.1 Å². The van der Waals surface area contributed by atoms with Crippen LogP contribution in [0.1, 0.15) is 16.1 Å². The number of aromatic amines is 1. The molecule has 0 spiro atoms. The topological polar surface area (TPSA) is 87.5 Å². The molecule has 1 aromatic carbocycles. The Balaban J connectivity index is 1.31. The summed E-state index contributed by atoms with van der Waals surface area (Å²) in [5, 5.41) is 1.27. The van der Waals surface area contributed by atoms with Gasteiger partial charge in [-0.1, -0.05) is 6.07 Å². The van der Waals surface area contributed by atoms with Gasteiger partial charge in [-0.25, -0.2) is 4.98 Å². The summed E-state index contributed by atoms with van der Waals surface area (Å²) in [5.41, 5.74) is 8.98. The number of hydrogen-bond donors (Lipinski definition) is 2. The van der Waals surface area contributed by atoms with Crippen LogP contribution in [0.5, 0.6) is 5.88 Å². The predicted molar refractivity (Wildman–Crippen MR) is 110 cm³/mol. The van der Waals surface area contributed by atoms with E-state index in [1.165, 1.54) is 16.6 Å². The number of piperazine rings is 1. The molecule has 0 aliphatic carbocycles. The number of rotatable bonds is 6. The van der Waals surface area contributed by atoms with Gasteiger partial charge in [0.2, 0.25) is 5.88 Å². The number of amides is 1. The lowest BCUT2D eigenvalue weighted by atomic mass is 10.1. The van der Waals surface area contributed by atoms with Gasteiger partial charge in [-0.15, -0.1) is 0 Å². The van der Waals surface area contributed by atoms with Crippen molar-refractivity contribution >= 4 is 22.5 Å². The summed E-state index contributed by atoms with van der Waals surface area (Å²) in [4.78, 5) is 23.9. The summed E-state index contributed by atoms with van der Waals surface area (Å²) >= 11 is 0. The number of primary amides is 1. The number of ether oxygens (including phenoxy) is 1. The Morgan fingerprint density at radius 3 is 2.79 bits per heavy atom. The fourth-order valence-corrected chi connectivity index (χ4v) is 3.66. The summed E-state index contributed by atoms with van der Waals surface area (Å²) in [6.45, 7) is 7.00. The van der Waals surface area contributed by atoms with Gasteiger partial charge in [0.25, 0.3) is 5.91 Å². The van der Waals surface area contributed by atoms with Crippen molar-refractivity contribution in [1.29, 1.82) is 0 Å². The standard InChI is InChI=1S/C21H25N5O2/c1-15-5-6-17(20(22)27)21(24-15)28-14-13-25-9-11-26(12-10-25)19-4-2-3-18-16(19)7-8-23-18/h2-8,23H,9-14H2,1H3,(H2,22,27). The van der Waals surface area contributed by atoms with Crippen molar-refractivity contribution in [3.05, 3.63) is 53.9 Å². The number of fused-ring (bicyclic) bond motifs is 1. The van der Waals surface area contributed by atoms with Gasteiger partial charge < -0.3 is 20.4 Å². The van der Waals surface area contributed by atoms with Crippen LogP contribution in [0.2, 0.25) is 0 Å². The second kappa shape index (κ2) is 7.90. The number of benzene rings is 1. The molecule has 1 aliphatic heterocycles. The smallest absolute Gasteiger partial charge is 0.254 e. The SMILES string of the molecule is Cc1ccc(C(N)=O)c(OCCN2CCN(c3cccc4[nH]ccc34)CC2)n1. The zero-order chi connectivity index (χ0) is 19.5. The van der Waals surface area contributed by atoms with Crippen molar-refractivity contribution in [2.45, 2.75) is 6.92 Å². The Morgan fingerprint density at radius 1 is 1.18 bits per heavy atom. The van der Waals surface area contributed by atoms with E-state index in [2.05, 4.69) is 44.0 Å². The molecule has 0 bridgehead atoms. The molecular formula is C21H25N5O2. The number of nitrogens with zero attached hydrogens (tertiary/aromatic N) is 3. The van der Waals surface area contributed by atoms with Gasteiger partial charge in [-0.2, -0.15) is 0 Å². The second-order valence-electron chi connectivity index (χ2n) is 7.06. The van der Waals surface area contributed by atoms with Crippen molar-refractivity contribution in [3.8, 4) is 5.88 Å². The van der Waals surface area contributed by atoms with Crippen LogP contribution in [0.4, 0.5) is 5.69 Å². The van der Waals surface area contributed by atoms with E-state index in [9.17, 15) is 4.79 Å². The van der Waals surface area contributed by atoms with Gasteiger partial charge in [0.1, 0.15) is 12.2 Å². The Bertz CT molecular complexity index is 976. The largest absolute Gasteiger partial charge is 0.476 e. The summed E-state index contributed by atoms with van der Waals surface area (Å²) < 4.78 is 5.77. The van der Waals surface area contributed by atoms with Crippen molar-refractivity contribution in [2.75, 3.05) is 44.2 Å². The molecule has 0 saturated carbocycles. The van der Waals surface area contributed by atoms with Gasteiger partial charge in [-0.05, 0) is 37.3 Å². The van der Waals surface area contributed by atoms with Gasteiger partial charge in [0.05, 0.1) is 0 Å². The van der Waals surface area contributed by atoms with Crippen LogP contribution in [0.25, 0.3) is 10.9 Å². The maximum absolute atomic E-state index is 11.5. The Kier molecular flexibility index (Phi) is 5.16. The predicted octanol–water partition coefficient (Wildman–Crippen LogP) is 2.17. The zero-order valence-corrected chi connectivity index (χ0v) is 16.0. The third-order valence-corrected chi connectivity index (χ3v) is 5.20. The van der Waals surface area contributed by atoms with Gasteiger partial charge in [0.15, 0.2) is 0 Å². The number of nitrogens with one attached hydrogen (secondary N) is 1. The van der Waals surface area contributed by atoms with Crippen LogP contribution in [0.3, 0.4) is 0 Å². The Hall–Kier alpha value is -3.06. The first kappa shape index (κ1) is 18.3. The number of carbonyl (C=O) groups is 1. The average Bonchev–Trinajstić information content (AvgIpc) is 3.17. The lowest BCUT2D eigenvalue weighted by Crippen LogP contribution is -2.47. The van der Waals surface area contributed by atoms with Crippen molar-refractivity contribution in [2.24, 2.45) is 5.73 Å². The molecule has 1 saturated heterocycles. The van der Waals surface area contributed by atoms with E-state index in [0.29, 0.717) is 18.1 Å². The maximum atomic E-state index is 11.5. The third-order valence-electron chi connectivity index (χ3n) is 5.20. The van der Waals surface area contributed by atoms with E-state index in [-0.39, 0.29) is 0 Å². The number of H-pyrrole nitrogens is 1. The number of aryl methyl sites for hydroxylation is 1.